The Kier molecular flexibility index (Phi) is 5.90. The Labute approximate surface area is 182 Å². The summed E-state index contributed by atoms with van der Waals surface area (Å²) in [6.45, 7) is 1.22. The number of ether oxygens (including phenoxy) is 1. The predicted octanol–water partition coefficient (Wildman–Crippen LogP) is 2.44. The molecule has 1 fully saturated rings. The molecule has 1 aromatic heterocycles. The lowest BCUT2D eigenvalue weighted by molar-refractivity contribution is -0.126. The van der Waals surface area contributed by atoms with Gasteiger partial charge in [0.2, 0.25) is 11.8 Å². The minimum atomic E-state index is -0.444. The molecule has 2 aliphatic rings. The normalized spacial score (nSPS) is 18.3. The summed E-state index contributed by atoms with van der Waals surface area (Å²) < 4.78 is 7.70. The van der Waals surface area contributed by atoms with Crippen molar-refractivity contribution in [3.05, 3.63) is 45.7 Å². The lowest BCUT2D eigenvalue weighted by Gasteiger charge is -2.16. The topological polar surface area (TPSA) is 93.5 Å². The summed E-state index contributed by atoms with van der Waals surface area (Å²) in [7, 11) is 1.35. The van der Waals surface area contributed by atoms with Crippen molar-refractivity contribution in [2.75, 3.05) is 18.6 Å². The van der Waals surface area contributed by atoms with Crippen molar-refractivity contribution in [3.8, 4) is 0 Å². The van der Waals surface area contributed by atoms with E-state index in [9.17, 15) is 14.4 Å². The molecule has 0 spiro atoms. The summed E-state index contributed by atoms with van der Waals surface area (Å²) in [5, 5.41) is 7.39. The van der Waals surface area contributed by atoms with Gasteiger partial charge in [0.05, 0.1) is 31.0 Å². The molecule has 0 radical (unpaired) electrons. The van der Waals surface area contributed by atoms with Gasteiger partial charge in [0, 0.05) is 29.7 Å². The minimum Gasteiger partial charge on any atom is -0.465 e. The van der Waals surface area contributed by atoms with Crippen molar-refractivity contribution in [1.82, 2.24) is 15.1 Å². The summed E-state index contributed by atoms with van der Waals surface area (Å²) in [5.74, 6) is -1.17. The molecule has 2 amide bonds. The number of fused-ring (bicyclic) bond motifs is 1. The molecule has 3 heterocycles. The predicted molar refractivity (Wildman–Crippen MR) is 113 cm³/mol. The number of nitrogens with zero attached hydrogens (tertiary/aromatic N) is 3. The Balaban J connectivity index is 1.44. The highest BCUT2D eigenvalue weighted by atomic mass is 79.9. The van der Waals surface area contributed by atoms with Crippen molar-refractivity contribution in [3.63, 3.8) is 0 Å². The van der Waals surface area contributed by atoms with Gasteiger partial charge in [-0.3, -0.25) is 14.3 Å². The van der Waals surface area contributed by atoms with Gasteiger partial charge in [-0.1, -0.05) is 15.9 Å². The highest BCUT2D eigenvalue weighted by Gasteiger charge is 2.35. The van der Waals surface area contributed by atoms with Crippen molar-refractivity contribution in [2.45, 2.75) is 38.8 Å². The quantitative estimate of drug-likeness (QED) is 0.671. The van der Waals surface area contributed by atoms with Crippen LogP contribution in [-0.4, -0.2) is 41.2 Å². The molecule has 4 rings (SSSR count). The number of rotatable bonds is 5. The van der Waals surface area contributed by atoms with Crippen LogP contribution in [0.5, 0.6) is 0 Å². The summed E-state index contributed by atoms with van der Waals surface area (Å²) in [5.41, 5.74) is 2.61. The SMILES string of the molecule is COC(=O)c1c(CNC(=O)C2CC(=O)N(c3ccc(Br)cc3)C2)nn2c1CCCC2. The number of amides is 2. The second-order valence-electron chi connectivity index (χ2n) is 7.54. The highest BCUT2D eigenvalue weighted by Crippen LogP contribution is 2.27. The van der Waals surface area contributed by atoms with Gasteiger partial charge >= 0.3 is 5.97 Å². The van der Waals surface area contributed by atoms with E-state index in [1.54, 1.807) is 4.90 Å². The first-order chi connectivity index (χ1) is 14.5. The van der Waals surface area contributed by atoms with Gasteiger partial charge in [-0.25, -0.2) is 4.79 Å². The number of methoxy groups -OCH3 is 1. The molecule has 1 N–H and O–H groups in total. The highest BCUT2D eigenvalue weighted by molar-refractivity contribution is 9.10. The zero-order valence-corrected chi connectivity index (χ0v) is 18.3. The zero-order chi connectivity index (χ0) is 21.3. The minimum absolute atomic E-state index is 0.0785. The molecular formula is C21H23BrN4O4. The molecule has 0 bridgehead atoms. The summed E-state index contributed by atoms with van der Waals surface area (Å²) in [6, 6.07) is 7.43. The van der Waals surface area contributed by atoms with E-state index in [0.717, 1.165) is 41.7 Å². The number of benzene rings is 1. The van der Waals surface area contributed by atoms with Gasteiger partial charge < -0.3 is 15.0 Å². The smallest absolute Gasteiger partial charge is 0.341 e. The maximum atomic E-state index is 12.7. The van der Waals surface area contributed by atoms with Crippen molar-refractivity contribution in [2.24, 2.45) is 5.92 Å². The summed E-state index contributed by atoms with van der Waals surface area (Å²) in [4.78, 5) is 39.1. The largest absolute Gasteiger partial charge is 0.465 e. The standard InChI is InChI=1S/C21H23BrN4O4/c1-30-21(29)19-16(24-26-9-3-2-4-17(19)26)11-23-20(28)13-10-18(27)25(12-13)15-7-5-14(22)6-8-15/h5-8,13H,2-4,9-12H2,1H3,(H,23,28). The van der Waals surface area contributed by atoms with Crippen LogP contribution in [0.1, 0.15) is 41.0 Å². The fourth-order valence-electron chi connectivity index (χ4n) is 4.08. The van der Waals surface area contributed by atoms with Crippen molar-refractivity contribution in [1.29, 1.82) is 0 Å². The van der Waals surface area contributed by atoms with Gasteiger partial charge in [-0.05, 0) is 43.5 Å². The Morgan fingerprint density at radius 2 is 2.03 bits per heavy atom. The molecule has 30 heavy (non-hydrogen) atoms. The maximum absolute atomic E-state index is 12.7. The van der Waals surface area contributed by atoms with Crippen LogP contribution in [0.3, 0.4) is 0 Å². The second-order valence-corrected chi connectivity index (χ2v) is 8.46. The van der Waals surface area contributed by atoms with E-state index in [2.05, 4.69) is 26.3 Å². The van der Waals surface area contributed by atoms with E-state index >= 15 is 0 Å². The van der Waals surface area contributed by atoms with E-state index in [1.165, 1.54) is 7.11 Å². The van der Waals surface area contributed by atoms with Gasteiger partial charge in [0.1, 0.15) is 5.56 Å². The number of hydrogen-bond acceptors (Lipinski definition) is 5. The molecule has 9 heteroatoms. The molecular weight excluding hydrogens is 452 g/mol. The average Bonchev–Trinajstić information content (AvgIpc) is 3.32. The van der Waals surface area contributed by atoms with Crippen molar-refractivity contribution >= 4 is 39.4 Å². The lowest BCUT2D eigenvalue weighted by Crippen LogP contribution is -2.33. The number of nitrogens with one attached hydrogen (secondary N) is 1. The van der Waals surface area contributed by atoms with Gasteiger partial charge in [0.15, 0.2) is 0 Å². The number of aromatic nitrogens is 2. The molecule has 0 aliphatic carbocycles. The van der Waals surface area contributed by atoms with Crippen molar-refractivity contribution < 1.29 is 19.1 Å². The number of hydrogen-bond donors (Lipinski definition) is 1. The number of anilines is 1. The first-order valence-electron chi connectivity index (χ1n) is 9.98. The second kappa shape index (κ2) is 8.59. The number of carbonyl (C=O) groups excluding carboxylic acids is 3. The van der Waals surface area contributed by atoms with E-state index in [1.807, 2.05) is 28.9 Å². The summed E-state index contributed by atoms with van der Waals surface area (Å²) >= 11 is 3.38. The number of halogens is 1. The van der Waals surface area contributed by atoms with Gasteiger partial charge in [-0.2, -0.15) is 5.10 Å². The van der Waals surface area contributed by atoms with Crippen LogP contribution in [0.2, 0.25) is 0 Å². The van der Waals surface area contributed by atoms with Crippen LogP contribution in [0.25, 0.3) is 0 Å². The molecule has 1 aromatic carbocycles. The molecule has 0 saturated carbocycles. The monoisotopic (exact) mass is 474 g/mol. The Bertz CT molecular complexity index is 986. The number of esters is 1. The first kappa shape index (κ1) is 20.6. The summed E-state index contributed by atoms with van der Waals surface area (Å²) in [6.07, 6.45) is 2.94. The zero-order valence-electron chi connectivity index (χ0n) is 16.7. The number of aryl methyl sites for hydroxylation is 1. The van der Waals surface area contributed by atoms with Crippen LogP contribution in [0.15, 0.2) is 28.7 Å². The molecule has 1 atom stereocenters. The van der Waals surface area contributed by atoms with Gasteiger partial charge in [-0.15, -0.1) is 0 Å². The average molecular weight is 475 g/mol. The van der Waals surface area contributed by atoms with E-state index in [4.69, 9.17) is 4.74 Å². The third-order valence-corrected chi connectivity index (χ3v) is 6.15. The fourth-order valence-corrected chi connectivity index (χ4v) is 4.34. The van der Waals surface area contributed by atoms with Crippen LogP contribution < -0.4 is 10.2 Å². The fraction of sp³-hybridized carbons (Fsp3) is 0.429. The van der Waals surface area contributed by atoms with Crippen LogP contribution >= 0.6 is 15.9 Å². The Morgan fingerprint density at radius 3 is 2.77 bits per heavy atom. The number of carbonyl (C=O) groups is 3. The lowest BCUT2D eigenvalue weighted by atomic mass is 10.0. The van der Waals surface area contributed by atoms with E-state index < -0.39 is 11.9 Å². The Hall–Kier alpha value is -2.68. The maximum Gasteiger partial charge on any atom is 0.341 e. The Morgan fingerprint density at radius 1 is 1.27 bits per heavy atom. The van der Waals surface area contributed by atoms with Crippen LogP contribution in [0.4, 0.5) is 5.69 Å². The molecule has 8 nitrogen and oxygen atoms in total. The van der Waals surface area contributed by atoms with Gasteiger partial charge in [0.25, 0.3) is 0 Å². The third kappa shape index (κ3) is 3.98. The molecule has 158 valence electrons. The van der Waals surface area contributed by atoms with Crippen LogP contribution in [0, 0.1) is 5.92 Å². The molecule has 1 saturated heterocycles. The van der Waals surface area contributed by atoms with E-state index in [0.29, 0.717) is 17.8 Å². The molecule has 2 aromatic rings. The first-order valence-corrected chi connectivity index (χ1v) is 10.8. The molecule has 1 unspecified atom stereocenters. The third-order valence-electron chi connectivity index (χ3n) is 5.62. The molecule has 2 aliphatic heterocycles. The van der Waals surface area contributed by atoms with Crippen LogP contribution in [-0.2, 0) is 33.8 Å². The van der Waals surface area contributed by atoms with E-state index in [-0.39, 0.29) is 24.8 Å².